The smallest absolute Gasteiger partial charge is 0.244 e. The molecule has 3 aromatic carbocycles. The number of hydrogen-bond donors (Lipinski definition) is 1. The fourth-order valence-corrected chi connectivity index (χ4v) is 6.08. The average molecular weight is 556 g/mol. The maximum atomic E-state index is 13.8. The number of nitrogens with zero attached hydrogens (tertiary/aromatic N) is 2. The minimum atomic E-state index is -3.82. The van der Waals surface area contributed by atoms with Crippen LogP contribution in [0.3, 0.4) is 0 Å². The van der Waals surface area contributed by atoms with Crippen LogP contribution in [0.15, 0.2) is 66.7 Å². The summed E-state index contributed by atoms with van der Waals surface area (Å²) in [6.45, 7) is 1.36. The molecule has 4 rings (SSSR count). The van der Waals surface area contributed by atoms with E-state index in [9.17, 15) is 18.0 Å². The summed E-state index contributed by atoms with van der Waals surface area (Å²) in [6, 6.07) is 19.2. The second-order valence-electron chi connectivity index (χ2n) is 9.94. The summed E-state index contributed by atoms with van der Waals surface area (Å²) in [5.41, 5.74) is 1.17. The molecule has 0 spiro atoms. The topological polar surface area (TPSA) is 86.8 Å². The zero-order chi connectivity index (χ0) is 27.3. The van der Waals surface area contributed by atoms with Crippen LogP contribution in [0.4, 0.5) is 5.69 Å². The highest BCUT2D eigenvalue weighted by Crippen LogP contribution is 2.29. The first-order valence-corrected chi connectivity index (χ1v) is 15.2. The van der Waals surface area contributed by atoms with Crippen molar-refractivity contribution in [3.8, 4) is 0 Å². The lowest BCUT2D eigenvalue weighted by molar-refractivity contribution is -0.139. The van der Waals surface area contributed by atoms with E-state index >= 15 is 0 Å². The molecule has 7 nitrogen and oxygen atoms in total. The molecular formula is C29H34ClN3O4S. The van der Waals surface area contributed by atoms with Crippen LogP contribution in [0.25, 0.3) is 10.8 Å². The van der Waals surface area contributed by atoms with Crippen molar-refractivity contribution in [2.45, 2.75) is 57.7 Å². The van der Waals surface area contributed by atoms with E-state index in [1.54, 1.807) is 37.3 Å². The van der Waals surface area contributed by atoms with Gasteiger partial charge < -0.3 is 10.2 Å². The lowest BCUT2D eigenvalue weighted by Crippen LogP contribution is -2.53. The van der Waals surface area contributed by atoms with Crippen LogP contribution in [0.2, 0.25) is 5.02 Å². The Hall–Kier alpha value is -3.10. The zero-order valence-electron chi connectivity index (χ0n) is 21.8. The average Bonchev–Trinajstić information content (AvgIpc) is 2.89. The molecule has 0 aliphatic heterocycles. The van der Waals surface area contributed by atoms with Gasteiger partial charge in [-0.1, -0.05) is 79.4 Å². The first-order chi connectivity index (χ1) is 18.1. The van der Waals surface area contributed by atoms with E-state index in [1.807, 2.05) is 36.4 Å². The highest BCUT2D eigenvalue weighted by molar-refractivity contribution is 7.92. The summed E-state index contributed by atoms with van der Waals surface area (Å²) in [5, 5.41) is 5.20. The molecule has 0 aromatic heterocycles. The maximum Gasteiger partial charge on any atom is 0.244 e. The molecule has 1 N–H and O–H groups in total. The molecule has 38 heavy (non-hydrogen) atoms. The Bertz CT molecular complexity index is 1400. The van der Waals surface area contributed by atoms with Crippen LogP contribution in [-0.2, 0) is 26.2 Å². The normalized spacial score (nSPS) is 15.1. The second-order valence-corrected chi connectivity index (χ2v) is 12.3. The molecule has 0 radical (unpaired) electrons. The van der Waals surface area contributed by atoms with Gasteiger partial charge in [0.05, 0.1) is 11.9 Å². The number of anilines is 1. The molecule has 1 saturated carbocycles. The van der Waals surface area contributed by atoms with Gasteiger partial charge in [0, 0.05) is 23.0 Å². The Balaban J connectivity index is 1.64. The van der Waals surface area contributed by atoms with Crippen molar-refractivity contribution < 1.29 is 18.0 Å². The number of sulfonamides is 1. The molecule has 202 valence electrons. The SMILES string of the molecule is C[C@@H](C(=O)NC1CCCCC1)N(Cc1cccc(Cl)c1)C(=O)CN(c1cccc2ccccc12)S(C)(=O)=O. The van der Waals surface area contributed by atoms with Crippen LogP contribution >= 0.6 is 11.6 Å². The second kappa shape index (κ2) is 12.2. The van der Waals surface area contributed by atoms with Gasteiger partial charge in [0.15, 0.2) is 0 Å². The number of carbonyl (C=O) groups excluding carboxylic acids is 2. The van der Waals surface area contributed by atoms with Gasteiger partial charge >= 0.3 is 0 Å². The quantitative estimate of drug-likeness (QED) is 0.397. The summed E-state index contributed by atoms with van der Waals surface area (Å²) in [7, 11) is -3.82. The van der Waals surface area contributed by atoms with E-state index in [1.165, 1.54) is 4.90 Å². The van der Waals surface area contributed by atoms with Crippen molar-refractivity contribution in [3.05, 3.63) is 77.3 Å². The van der Waals surface area contributed by atoms with E-state index in [4.69, 9.17) is 11.6 Å². The predicted molar refractivity (Wildman–Crippen MR) is 153 cm³/mol. The molecule has 1 aliphatic rings. The third-order valence-corrected chi connectivity index (χ3v) is 8.44. The number of nitrogens with one attached hydrogen (secondary N) is 1. The van der Waals surface area contributed by atoms with Crippen molar-refractivity contribution in [2.24, 2.45) is 0 Å². The fourth-order valence-electron chi connectivity index (χ4n) is 5.00. The maximum absolute atomic E-state index is 13.8. The molecule has 0 saturated heterocycles. The lowest BCUT2D eigenvalue weighted by Gasteiger charge is -2.33. The number of fused-ring (bicyclic) bond motifs is 1. The molecule has 1 fully saturated rings. The van der Waals surface area contributed by atoms with Crippen LogP contribution in [0.5, 0.6) is 0 Å². The van der Waals surface area contributed by atoms with Crippen LogP contribution < -0.4 is 9.62 Å². The summed E-state index contributed by atoms with van der Waals surface area (Å²) < 4.78 is 27.0. The summed E-state index contributed by atoms with van der Waals surface area (Å²) in [6.07, 6.45) is 6.23. The number of amides is 2. The molecule has 3 aromatic rings. The lowest BCUT2D eigenvalue weighted by atomic mass is 9.95. The molecule has 0 unspecified atom stereocenters. The van der Waals surface area contributed by atoms with Gasteiger partial charge in [-0.15, -0.1) is 0 Å². The van der Waals surface area contributed by atoms with Crippen molar-refractivity contribution in [1.29, 1.82) is 0 Å². The number of hydrogen-bond acceptors (Lipinski definition) is 4. The van der Waals surface area contributed by atoms with Gasteiger partial charge in [-0.2, -0.15) is 0 Å². The van der Waals surface area contributed by atoms with E-state index in [-0.39, 0.29) is 18.5 Å². The standard InChI is InChI=1S/C29H34ClN3O4S/c1-21(29(35)31-25-14-4-3-5-15-25)32(19-22-10-8-13-24(30)18-22)28(34)20-33(38(2,36)37)27-17-9-12-23-11-6-7-16-26(23)27/h6-13,16-18,21,25H,3-5,14-15,19-20H2,1-2H3,(H,31,35)/t21-/m0/s1. The zero-order valence-corrected chi connectivity index (χ0v) is 23.3. The molecule has 0 heterocycles. The highest BCUT2D eigenvalue weighted by Gasteiger charge is 2.31. The minimum Gasteiger partial charge on any atom is -0.352 e. The highest BCUT2D eigenvalue weighted by atomic mass is 35.5. The van der Waals surface area contributed by atoms with Gasteiger partial charge in [0.25, 0.3) is 0 Å². The molecule has 2 amide bonds. The Morgan fingerprint density at radius 3 is 2.39 bits per heavy atom. The summed E-state index contributed by atoms with van der Waals surface area (Å²) in [4.78, 5) is 28.6. The third kappa shape index (κ3) is 6.85. The Morgan fingerprint density at radius 2 is 1.68 bits per heavy atom. The first kappa shape index (κ1) is 27.9. The molecule has 1 aliphatic carbocycles. The Labute approximate surface area is 229 Å². The van der Waals surface area contributed by atoms with Gasteiger partial charge in [-0.25, -0.2) is 8.42 Å². The summed E-state index contributed by atoms with van der Waals surface area (Å²) >= 11 is 6.19. The number of rotatable bonds is 9. The molecule has 1 atom stereocenters. The van der Waals surface area contributed by atoms with Crippen molar-refractivity contribution >= 4 is 49.9 Å². The largest absolute Gasteiger partial charge is 0.352 e. The van der Waals surface area contributed by atoms with Crippen LogP contribution in [0, 0.1) is 0 Å². The van der Waals surface area contributed by atoms with Gasteiger partial charge in [-0.3, -0.25) is 13.9 Å². The third-order valence-electron chi connectivity index (χ3n) is 7.08. The van der Waals surface area contributed by atoms with Crippen molar-refractivity contribution in [1.82, 2.24) is 10.2 Å². The number of benzene rings is 3. The van der Waals surface area contributed by atoms with Crippen LogP contribution in [0.1, 0.15) is 44.6 Å². The van der Waals surface area contributed by atoms with Gasteiger partial charge in [0.2, 0.25) is 21.8 Å². The fraction of sp³-hybridized carbons (Fsp3) is 0.379. The molecular weight excluding hydrogens is 522 g/mol. The Kier molecular flexibility index (Phi) is 8.95. The van der Waals surface area contributed by atoms with Gasteiger partial charge in [0.1, 0.15) is 12.6 Å². The van der Waals surface area contributed by atoms with E-state index in [0.717, 1.165) is 59.0 Å². The number of carbonyl (C=O) groups is 2. The van der Waals surface area contributed by atoms with Crippen molar-refractivity contribution in [3.63, 3.8) is 0 Å². The van der Waals surface area contributed by atoms with Gasteiger partial charge in [-0.05, 0) is 48.9 Å². The minimum absolute atomic E-state index is 0.0880. The predicted octanol–water partition coefficient (Wildman–Crippen LogP) is 5.13. The summed E-state index contributed by atoms with van der Waals surface area (Å²) in [5.74, 6) is -0.724. The monoisotopic (exact) mass is 555 g/mol. The van der Waals surface area contributed by atoms with E-state index in [2.05, 4.69) is 5.32 Å². The first-order valence-electron chi connectivity index (χ1n) is 12.9. The van der Waals surface area contributed by atoms with E-state index in [0.29, 0.717) is 10.7 Å². The molecule has 9 heteroatoms. The Morgan fingerprint density at radius 1 is 1.00 bits per heavy atom. The van der Waals surface area contributed by atoms with Crippen molar-refractivity contribution in [2.75, 3.05) is 17.1 Å². The van der Waals surface area contributed by atoms with E-state index < -0.39 is 28.5 Å². The number of halogens is 1. The van der Waals surface area contributed by atoms with Crippen LogP contribution in [-0.4, -0.2) is 50.0 Å². The molecule has 0 bridgehead atoms.